The van der Waals surface area contributed by atoms with Crippen LogP contribution in [-0.2, 0) is 0 Å². The van der Waals surface area contributed by atoms with E-state index in [-0.39, 0.29) is 5.78 Å². The summed E-state index contributed by atoms with van der Waals surface area (Å²) in [6.45, 7) is 0. The SMILES string of the molecule is COc1cc(C(=O)c2csc(-c3ccncc3)n2)cc(OC)c1OC. The lowest BCUT2D eigenvalue weighted by atomic mass is 10.1. The maximum atomic E-state index is 12.8. The van der Waals surface area contributed by atoms with Crippen molar-refractivity contribution in [3.05, 3.63) is 53.3 Å². The number of ketones is 1. The van der Waals surface area contributed by atoms with E-state index in [1.54, 1.807) is 29.9 Å². The Hall–Kier alpha value is -2.93. The van der Waals surface area contributed by atoms with Crippen LogP contribution in [0, 0.1) is 0 Å². The molecule has 0 saturated carbocycles. The van der Waals surface area contributed by atoms with Crippen molar-refractivity contribution in [1.29, 1.82) is 0 Å². The van der Waals surface area contributed by atoms with Gasteiger partial charge in [-0.2, -0.15) is 0 Å². The molecule has 0 fully saturated rings. The van der Waals surface area contributed by atoms with Gasteiger partial charge in [0, 0.05) is 28.9 Å². The zero-order chi connectivity index (χ0) is 17.8. The van der Waals surface area contributed by atoms with Gasteiger partial charge >= 0.3 is 0 Å². The molecular weight excluding hydrogens is 340 g/mol. The molecule has 0 spiro atoms. The summed E-state index contributed by atoms with van der Waals surface area (Å²) in [6.07, 6.45) is 3.38. The summed E-state index contributed by atoms with van der Waals surface area (Å²) in [7, 11) is 4.54. The minimum Gasteiger partial charge on any atom is -0.493 e. The standard InChI is InChI=1S/C18H16N2O4S/c1-22-14-8-12(9-15(23-2)17(14)24-3)16(21)13-10-25-18(20-13)11-4-6-19-7-5-11/h4-10H,1-3H3. The number of thiazole rings is 1. The maximum absolute atomic E-state index is 12.8. The molecule has 1 aromatic carbocycles. The Morgan fingerprint density at radius 2 is 1.64 bits per heavy atom. The van der Waals surface area contributed by atoms with Gasteiger partial charge in [-0.05, 0) is 24.3 Å². The summed E-state index contributed by atoms with van der Waals surface area (Å²) < 4.78 is 15.9. The molecule has 3 aromatic rings. The third-order valence-electron chi connectivity index (χ3n) is 3.59. The zero-order valence-electron chi connectivity index (χ0n) is 14.0. The Bertz CT molecular complexity index is 868. The van der Waals surface area contributed by atoms with Crippen molar-refractivity contribution in [3.8, 4) is 27.8 Å². The Morgan fingerprint density at radius 3 is 2.20 bits per heavy atom. The molecular formula is C18H16N2O4S. The number of methoxy groups -OCH3 is 3. The van der Waals surface area contributed by atoms with Crippen LogP contribution in [-0.4, -0.2) is 37.1 Å². The van der Waals surface area contributed by atoms with E-state index in [2.05, 4.69) is 9.97 Å². The van der Waals surface area contributed by atoms with E-state index in [1.165, 1.54) is 32.7 Å². The number of hydrogen-bond donors (Lipinski definition) is 0. The van der Waals surface area contributed by atoms with Crippen molar-refractivity contribution in [3.63, 3.8) is 0 Å². The van der Waals surface area contributed by atoms with Crippen LogP contribution in [0.1, 0.15) is 16.1 Å². The number of benzene rings is 1. The Morgan fingerprint density at radius 1 is 1.00 bits per heavy atom. The van der Waals surface area contributed by atoms with Crippen molar-refractivity contribution in [2.45, 2.75) is 0 Å². The second-order valence-corrected chi connectivity index (χ2v) is 5.88. The molecule has 2 aromatic heterocycles. The first-order valence-corrected chi connectivity index (χ1v) is 8.26. The number of aromatic nitrogens is 2. The average Bonchev–Trinajstić information content (AvgIpc) is 3.17. The molecule has 0 unspecified atom stereocenters. The van der Waals surface area contributed by atoms with E-state index in [9.17, 15) is 4.79 Å². The smallest absolute Gasteiger partial charge is 0.212 e. The van der Waals surface area contributed by atoms with Gasteiger partial charge in [-0.1, -0.05) is 0 Å². The van der Waals surface area contributed by atoms with Gasteiger partial charge < -0.3 is 14.2 Å². The van der Waals surface area contributed by atoms with Crippen molar-refractivity contribution < 1.29 is 19.0 Å². The molecule has 0 radical (unpaired) electrons. The van der Waals surface area contributed by atoms with Gasteiger partial charge in [0.25, 0.3) is 0 Å². The molecule has 0 aliphatic rings. The largest absolute Gasteiger partial charge is 0.493 e. The van der Waals surface area contributed by atoms with Crippen molar-refractivity contribution in [2.24, 2.45) is 0 Å². The maximum Gasteiger partial charge on any atom is 0.212 e. The van der Waals surface area contributed by atoms with Crippen LogP contribution < -0.4 is 14.2 Å². The third kappa shape index (κ3) is 3.32. The van der Waals surface area contributed by atoms with E-state index in [0.717, 1.165) is 10.6 Å². The van der Waals surface area contributed by atoms with E-state index in [0.29, 0.717) is 28.5 Å². The van der Waals surface area contributed by atoms with Gasteiger partial charge in [-0.25, -0.2) is 4.98 Å². The molecule has 7 heteroatoms. The highest BCUT2D eigenvalue weighted by Crippen LogP contribution is 2.38. The highest BCUT2D eigenvalue weighted by atomic mass is 32.1. The number of pyridine rings is 1. The van der Waals surface area contributed by atoms with Crippen LogP contribution in [0.2, 0.25) is 0 Å². The van der Waals surface area contributed by atoms with Gasteiger partial charge in [0.05, 0.1) is 21.3 Å². The lowest BCUT2D eigenvalue weighted by Gasteiger charge is -2.13. The molecule has 0 bridgehead atoms. The van der Waals surface area contributed by atoms with Crippen molar-refractivity contribution >= 4 is 17.1 Å². The van der Waals surface area contributed by atoms with Crippen LogP contribution in [0.4, 0.5) is 0 Å². The highest BCUT2D eigenvalue weighted by molar-refractivity contribution is 7.13. The molecule has 0 N–H and O–H groups in total. The predicted octanol–water partition coefficient (Wildman–Crippen LogP) is 3.46. The normalized spacial score (nSPS) is 10.4. The zero-order valence-corrected chi connectivity index (χ0v) is 14.8. The summed E-state index contributed by atoms with van der Waals surface area (Å²) in [5.74, 6) is 1.08. The summed E-state index contributed by atoms with van der Waals surface area (Å²) in [4.78, 5) is 21.2. The van der Waals surface area contributed by atoms with E-state index in [1.807, 2.05) is 12.1 Å². The fraction of sp³-hybridized carbons (Fsp3) is 0.167. The van der Waals surface area contributed by atoms with E-state index < -0.39 is 0 Å². The molecule has 2 heterocycles. The van der Waals surface area contributed by atoms with Gasteiger partial charge in [-0.3, -0.25) is 9.78 Å². The lowest BCUT2D eigenvalue weighted by molar-refractivity contribution is 0.103. The quantitative estimate of drug-likeness (QED) is 0.630. The van der Waals surface area contributed by atoms with Crippen LogP contribution in [0.25, 0.3) is 10.6 Å². The van der Waals surface area contributed by atoms with Crippen LogP contribution in [0.15, 0.2) is 42.0 Å². The molecule has 3 rings (SSSR count). The first kappa shape index (κ1) is 16.9. The van der Waals surface area contributed by atoms with Crippen LogP contribution in [0.3, 0.4) is 0 Å². The second kappa shape index (κ2) is 7.31. The highest BCUT2D eigenvalue weighted by Gasteiger charge is 2.20. The molecule has 0 atom stereocenters. The van der Waals surface area contributed by atoms with Crippen molar-refractivity contribution in [1.82, 2.24) is 9.97 Å². The Kier molecular flexibility index (Phi) is 4.95. The number of carbonyl (C=O) groups is 1. The summed E-state index contributed by atoms with van der Waals surface area (Å²) in [5.41, 5.74) is 1.70. The van der Waals surface area contributed by atoms with Gasteiger partial charge in [-0.15, -0.1) is 11.3 Å². The van der Waals surface area contributed by atoms with E-state index >= 15 is 0 Å². The third-order valence-corrected chi connectivity index (χ3v) is 4.48. The minimum absolute atomic E-state index is 0.212. The molecule has 6 nitrogen and oxygen atoms in total. The first-order valence-electron chi connectivity index (χ1n) is 7.38. The first-order chi connectivity index (χ1) is 12.2. The van der Waals surface area contributed by atoms with Gasteiger partial charge in [0.1, 0.15) is 10.7 Å². The van der Waals surface area contributed by atoms with Crippen LogP contribution in [0.5, 0.6) is 17.2 Å². The number of nitrogens with zero attached hydrogens (tertiary/aromatic N) is 2. The van der Waals surface area contributed by atoms with Crippen LogP contribution >= 0.6 is 11.3 Å². The number of ether oxygens (including phenoxy) is 3. The molecule has 0 aliphatic carbocycles. The predicted molar refractivity (Wildman–Crippen MR) is 94.9 cm³/mol. The Balaban J connectivity index is 1.97. The molecule has 0 saturated heterocycles. The molecule has 0 aliphatic heterocycles. The molecule has 0 amide bonds. The fourth-order valence-electron chi connectivity index (χ4n) is 2.37. The van der Waals surface area contributed by atoms with E-state index in [4.69, 9.17) is 14.2 Å². The fourth-order valence-corrected chi connectivity index (χ4v) is 3.17. The average molecular weight is 356 g/mol. The molecule has 128 valence electrons. The van der Waals surface area contributed by atoms with Gasteiger partial charge in [0.2, 0.25) is 11.5 Å². The topological polar surface area (TPSA) is 70.5 Å². The number of hydrogen-bond acceptors (Lipinski definition) is 7. The second-order valence-electron chi connectivity index (χ2n) is 5.02. The monoisotopic (exact) mass is 356 g/mol. The van der Waals surface area contributed by atoms with Crippen molar-refractivity contribution in [2.75, 3.05) is 21.3 Å². The summed E-state index contributed by atoms with van der Waals surface area (Å²) in [5, 5.41) is 2.50. The number of carbonyl (C=O) groups excluding carboxylic acids is 1. The molecule has 25 heavy (non-hydrogen) atoms. The summed E-state index contributed by atoms with van der Waals surface area (Å²) >= 11 is 1.41. The Labute approximate surface area is 149 Å². The minimum atomic E-state index is -0.212. The van der Waals surface area contributed by atoms with Gasteiger partial charge in [0.15, 0.2) is 11.5 Å². The summed E-state index contributed by atoms with van der Waals surface area (Å²) in [6, 6.07) is 6.95. The lowest BCUT2D eigenvalue weighted by Crippen LogP contribution is -2.04. The number of rotatable bonds is 6.